The van der Waals surface area contributed by atoms with Gasteiger partial charge in [0.05, 0.1) is 5.60 Å². The first-order valence-corrected chi connectivity index (χ1v) is 10.6. The van der Waals surface area contributed by atoms with Crippen LogP contribution >= 0.6 is 0 Å². The van der Waals surface area contributed by atoms with Crippen LogP contribution < -0.4 is 5.73 Å². The van der Waals surface area contributed by atoms with E-state index in [9.17, 15) is 0 Å². The van der Waals surface area contributed by atoms with E-state index in [1.165, 1.54) is 0 Å². The maximum Gasteiger partial charge on any atom is 0.193 e. The first-order chi connectivity index (χ1) is 9.64. The molecule has 1 atom stereocenters. The summed E-state index contributed by atoms with van der Waals surface area (Å²) in [4.78, 5) is 0. The van der Waals surface area contributed by atoms with Gasteiger partial charge in [0, 0.05) is 5.69 Å². The van der Waals surface area contributed by atoms with Crippen LogP contribution in [-0.2, 0) is 10.0 Å². The molecule has 2 N–H and O–H groups in total. The minimum absolute atomic E-state index is 0.0987. The molecule has 1 radical (unpaired) electrons. The molecule has 0 aliphatic carbocycles. The number of hydrogen-bond acceptors (Lipinski definition) is 2. The molecule has 1 unspecified atom stereocenters. The maximum atomic E-state index is 6.85. The lowest BCUT2D eigenvalue weighted by atomic mass is 9.73. The van der Waals surface area contributed by atoms with Gasteiger partial charge in [-0.1, -0.05) is 53.7 Å². The molecule has 3 heteroatoms. The summed E-state index contributed by atoms with van der Waals surface area (Å²) in [5, 5.41) is 0. The first kappa shape index (κ1) is 18.2. The summed E-state index contributed by atoms with van der Waals surface area (Å²) < 4.78 is 6.85. The molecule has 0 spiro atoms. The highest BCUT2D eigenvalue weighted by Crippen LogP contribution is 2.46. The zero-order chi connectivity index (χ0) is 16.3. The van der Waals surface area contributed by atoms with Crippen LogP contribution in [0.3, 0.4) is 0 Å². The standard InChI is InChI=1S/C18H32NOSi/c1-8-21(9-2,10-3)20-18(7,17(4,5)6)15-12-11-13-16(19)14-15/h11-14H,7-10,19H2,1-6H3. The fourth-order valence-electron chi connectivity index (χ4n) is 2.77. The van der Waals surface area contributed by atoms with Crippen LogP contribution in [0.1, 0.15) is 47.1 Å². The summed E-state index contributed by atoms with van der Waals surface area (Å²) in [6.45, 7) is 17.9. The van der Waals surface area contributed by atoms with Crippen LogP contribution in [0.4, 0.5) is 5.69 Å². The van der Waals surface area contributed by atoms with Gasteiger partial charge in [-0.3, -0.25) is 0 Å². The molecule has 0 fully saturated rings. The van der Waals surface area contributed by atoms with Crippen molar-refractivity contribution in [3.63, 3.8) is 0 Å². The molecule has 0 heterocycles. The van der Waals surface area contributed by atoms with Gasteiger partial charge in [-0.05, 0) is 48.2 Å². The lowest BCUT2D eigenvalue weighted by molar-refractivity contribution is -0.00694. The maximum absolute atomic E-state index is 6.85. The molecule has 119 valence electrons. The smallest absolute Gasteiger partial charge is 0.193 e. The van der Waals surface area contributed by atoms with Gasteiger partial charge >= 0.3 is 0 Å². The Hall–Kier alpha value is -0.803. The molecule has 1 aromatic rings. The first-order valence-electron chi connectivity index (χ1n) is 8.05. The zero-order valence-corrected chi connectivity index (χ0v) is 15.6. The highest BCUT2D eigenvalue weighted by Gasteiger charge is 2.46. The van der Waals surface area contributed by atoms with Crippen LogP contribution in [0.15, 0.2) is 24.3 Å². The van der Waals surface area contributed by atoms with E-state index >= 15 is 0 Å². The van der Waals surface area contributed by atoms with Gasteiger partial charge in [0.25, 0.3) is 0 Å². The van der Waals surface area contributed by atoms with E-state index in [1.807, 2.05) is 18.2 Å². The van der Waals surface area contributed by atoms with Gasteiger partial charge in [-0.25, -0.2) is 0 Å². The van der Waals surface area contributed by atoms with Crippen LogP contribution in [0.25, 0.3) is 0 Å². The second-order valence-corrected chi connectivity index (χ2v) is 11.7. The minimum atomic E-state index is -1.77. The highest BCUT2D eigenvalue weighted by atomic mass is 28.4. The Labute approximate surface area is 132 Å². The van der Waals surface area contributed by atoms with Crippen molar-refractivity contribution < 1.29 is 4.43 Å². The third-order valence-electron chi connectivity index (χ3n) is 4.89. The fraction of sp³-hybridized carbons (Fsp3) is 0.611. The molecule has 0 saturated heterocycles. The van der Waals surface area contributed by atoms with Gasteiger partial charge in [-0.2, -0.15) is 0 Å². The van der Waals surface area contributed by atoms with Crippen molar-refractivity contribution >= 4 is 14.0 Å². The summed E-state index contributed by atoms with van der Waals surface area (Å²) in [7, 11) is -1.77. The Morgan fingerprint density at radius 2 is 1.62 bits per heavy atom. The van der Waals surface area contributed by atoms with E-state index in [0.717, 1.165) is 29.4 Å². The van der Waals surface area contributed by atoms with E-state index in [2.05, 4.69) is 54.5 Å². The van der Waals surface area contributed by atoms with Crippen molar-refractivity contribution in [1.82, 2.24) is 0 Å². The summed E-state index contributed by atoms with van der Waals surface area (Å²) in [6.07, 6.45) is 0. The number of anilines is 1. The second-order valence-electron chi connectivity index (χ2n) is 7.05. The fourth-order valence-corrected chi connectivity index (χ4v) is 5.87. The van der Waals surface area contributed by atoms with Gasteiger partial charge in [0.1, 0.15) is 0 Å². The van der Waals surface area contributed by atoms with Crippen LogP contribution in [0.2, 0.25) is 18.1 Å². The predicted molar refractivity (Wildman–Crippen MR) is 95.6 cm³/mol. The Balaban J connectivity index is 3.35. The summed E-state index contributed by atoms with van der Waals surface area (Å²) in [5.41, 5.74) is 7.18. The third kappa shape index (κ3) is 3.70. The van der Waals surface area contributed by atoms with Crippen LogP contribution in [-0.4, -0.2) is 8.32 Å². The summed E-state index contributed by atoms with van der Waals surface area (Å²) in [5.74, 6) is 0. The quantitative estimate of drug-likeness (QED) is 0.566. The monoisotopic (exact) mass is 306 g/mol. The van der Waals surface area contributed by atoms with E-state index in [4.69, 9.17) is 10.2 Å². The highest BCUT2D eigenvalue weighted by molar-refractivity contribution is 6.73. The van der Waals surface area contributed by atoms with Crippen molar-refractivity contribution in [2.24, 2.45) is 5.41 Å². The lowest BCUT2D eigenvalue weighted by Crippen LogP contribution is -2.50. The molecular formula is C18H32NOSi. The van der Waals surface area contributed by atoms with Crippen molar-refractivity contribution in [2.75, 3.05) is 5.73 Å². The average molecular weight is 307 g/mol. The zero-order valence-electron chi connectivity index (χ0n) is 14.6. The molecule has 0 aliphatic heterocycles. The Morgan fingerprint density at radius 3 is 2.00 bits per heavy atom. The van der Waals surface area contributed by atoms with Crippen molar-refractivity contribution in [3.8, 4) is 0 Å². The summed E-state index contributed by atoms with van der Waals surface area (Å²) in [6, 6.07) is 11.4. The number of benzene rings is 1. The molecule has 1 aromatic carbocycles. The largest absolute Gasteiger partial charge is 0.407 e. The summed E-state index contributed by atoms with van der Waals surface area (Å²) >= 11 is 0. The molecule has 0 aliphatic rings. The molecular weight excluding hydrogens is 274 g/mol. The van der Waals surface area contributed by atoms with Crippen molar-refractivity contribution in [1.29, 1.82) is 0 Å². The molecule has 21 heavy (non-hydrogen) atoms. The number of nitrogen functional groups attached to an aromatic ring is 1. The van der Waals surface area contributed by atoms with E-state index in [-0.39, 0.29) is 5.41 Å². The molecule has 2 nitrogen and oxygen atoms in total. The SMILES string of the molecule is [CH2]C(O[Si](CC)(CC)CC)(c1cccc(N)c1)C(C)(C)C. The molecule has 0 amide bonds. The van der Waals surface area contributed by atoms with Crippen LogP contribution in [0.5, 0.6) is 0 Å². The molecule has 1 rings (SSSR count). The van der Waals surface area contributed by atoms with E-state index in [0.29, 0.717) is 0 Å². The lowest BCUT2D eigenvalue weighted by Gasteiger charge is -2.48. The average Bonchev–Trinajstić information content (AvgIpc) is 2.43. The molecule has 0 bridgehead atoms. The number of nitrogens with two attached hydrogens (primary N) is 1. The third-order valence-corrected chi connectivity index (χ3v) is 9.54. The van der Waals surface area contributed by atoms with Gasteiger partial charge in [0.2, 0.25) is 0 Å². The number of hydrogen-bond donors (Lipinski definition) is 1. The van der Waals surface area contributed by atoms with Crippen molar-refractivity contribution in [2.45, 2.75) is 65.3 Å². The normalized spacial score (nSPS) is 15.8. The van der Waals surface area contributed by atoms with Crippen molar-refractivity contribution in [3.05, 3.63) is 36.8 Å². The Morgan fingerprint density at radius 1 is 1.10 bits per heavy atom. The predicted octanol–water partition coefficient (Wildman–Crippen LogP) is 5.37. The topological polar surface area (TPSA) is 35.2 Å². The minimum Gasteiger partial charge on any atom is -0.407 e. The van der Waals surface area contributed by atoms with Gasteiger partial charge in [0.15, 0.2) is 8.32 Å². The van der Waals surface area contributed by atoms with Gasteiger partial charge in [-0.15, -0.1) is 0 Å². The van der Waals surface area contributed by atoms with Gasteiger partial charge < -0.3 is 10.2 Å². The number of rotatable bonds is 6. The second kappa shape index (κ2) is 6.53. The Kier molecular flexibility index (Phi) is 5.67. The molecule has 0 saturated carbocycles. The van der Waals surface area contributed by atoms with Crippen LogP contribution in [0, 0.1) is 12.3 Å². The van der Waals surface area contributed by atoms with E-state index in [1.54, 1.807) is 0 Å². The van der Waals surface area contributed by atoms with E-state index < -0.39 is 13.9 Å². The molecule has 0 aromatic heterocycles. The Bertz CT molecular complexity index is 454.